The highest BCUT2D eigenvalue weighted by molar-refractivity contribution is 8.01. The molecule has 1 aromatic carbocycles. The van der Waals surface area contributed by atoms with Gasteiger partial charge in [-0.15, -0.1) is 11.3 Å². The van der Waals surface area contributed by atoms with Crippen molar-refractivity contribution in [2.45, 2.75) is 62.2 Å². The van der Waals surface area contributed by atoms with Crippen molar-refractivity contribution < 1.29 is 14.7 Å². The lowest BCUT2D eigenvalue weighted by Crippen LogP contribution is -2.43. The number of hydrogen-bond acceptors (Lipinski definition) is 5. The molecule has 1 N–H and O–H groups in total. The molecule has 0 aliphatic carbocycles. The highest BCUT2D eigenvalue weighted by atomic mass is 32.2. The monoisotopic (exact) mass is 380 g/mol. The lowest BCUT2D eigenvalue weighted by molar-refractivity contribution is -0.137. The third-order valence-corrected chi connectivity index (χ3v) is 6.08. The molecule has 0 aliphatic rings. The van der Waals surface area contributed by atoms with E-state index >= 15 is 0 Å². The molecule has 25 heavy (non-hydrogen) atoms. The molecule has 2 rings (SSSR count). The van der Waals surface area contributed by atoms with Crippen molar-refractivity contribution in [2.75, 3.05) is 0 Å². The maximum atomic E-state index is 12.7. The Balaban J connectivity index is 2.15. The van der Waals surface area contributed by atoms with Gasteiger partial charge >= 0.3 is 5.97 Å². The Hall–Kier alpha value is -1.60. The highest BCUT2D eigenvalue weighted by Crippen LogP contribution is 2.34. The zero-order valence-corrected chi connectivity index (χ0v) is 16.6. The molecule has 0 spiro atoms. The van der Waals surface area contributed by atoms with Crippen molar-refractivity contribution in [3.05, 3.63) is 24.3 Å². The van der Waals surface area contributed by atoms with E-state index in [2.05, 4.69) is 4.98 Å². The number of fused-ring (bicyclic) bond motifs is 1. The van der Waals surface area contributed by atoms with Crippen molar-refractivity contribution in [3.63, 3.8) is 0 Å². The molecular weight excluding hydrogens is 356 g/mol. The summed E-state index contributed by atoms with van der Waals surface area (Å²) in [6.45, 7) is 7.91. The molecule has 1 heterocycles. The van der Waals surface area contributed by atoms with Gasteiger partial charge in [0.25, 0.3) is 0 Å². The number of nitrogens with zero attached hydrogens (tertiary/aromatic N) is 2. The van der Waals surface area contributed by atoms with E-state index in [0.29, 0.717) is 0 Å². The average molecular weight is 381 g/mol. The van der Waals surface area contributed by atoms with Gasteiger partial charge in [-0.1, -0.05) is 23.9 Å². The summed E-state index contributed by atoms with van der Waals surface area (Å²) in [6.07, 6.45) is 0.139. The van der Waals surface area contributed by atoms with Gasteiger partial charge < -0.3 is 10.0 Å². The second-order valence-corrected chi connectivity index (χ2v) is 9.06. The number of carbonyl (C=O) groups excluding carboxylic acids is 1. The molecule has 7 heteroatoms. The number of aromatic nitrogens is 1. The fourth-order valence-corrected chi connectivity index (χ4v) is 5.32. The van der Waals surface area contributed by atoms with Crippen LogP contribution in [0.3, 0.4) is 0 Å². The molecule has 2 aromatic rings. The van der Waals surface area contributed by atoms with Crippen LogP contribution in [0.1, 0.15) is 40.5 Å². The Morgan fingerprint density at radius 1 is 1.16 bits per heavy atom. The summed E-state index contributed by atoms with van der Waals surface area (Å²) < 4.78 is 1.87. The zero-order chi connectivity index (χ0) is 18.6. The van der Waals surface area contributed by atoms with Crippen LogP contribution in [0.5, 0.6) is 0 Å². The fourth-order valence-electron chi connectivity index (χ4n) is 2.87. The summed E-state index contributed by atoms with van der Waals surface area (Å²) in [7, 11) is 0. The van der Waals surface area contributed by atoms with Crippen LogP contribution >= 0.6 is 23.1 Å². The molecule has 5 nitrogen and oxygen atoms in total. The number of amides is 1. The summed E-state index contributed by atoms with van der Waals surface area (Å²) in [6, 6.07) is 7.99. The molecule has 136 valence electrons. The van der Waals surface area contributed by atoms with Crippen molar-refractivity contribution in [2.24, 2.45) is 0 Å². The summed E-state index contributed by atoms with van der Waals surface area (Å²) in [5.74, 6) is -0.906. The fraction of sp³-hybridized carbons (Fsp3) is 0.500. The molecule has 1 atom stereocenters. The van der Waals surface area contributed by atoms with E-state index in [0.717, 1.165) is 14.6 Å². The highest BCUT2D eigenvalue weighted by Gasteiger charge is 2.26. The Kier molecular flexibility index (Phi) is 6.84. The minimum atomic E-state index is -0.896. The van der Waals surface area contributed by atoms with Crippen LogP contribution in [0.4, 0.5) is 0 Å². The standard InChI is InChI=1S/C18H24N2O3S2/c1-11(2)20(12(3)4)16(21)9-13(10-17(22)23)24-18-19-14-7-5-6-8-15(14)25-18/h5-8,11-13H,9-10H2,1-4H3,(H,22,23). The summed E-state index contributed by atoms with van der Waals surface area (Å²) in [5, 5.41) is 8.89. The van der Waals surface area contributed by atoms with Gasteiger partial charge in [-0.25, -0.2) is 4.98 Å². The predicted molar refractivity (Wildman–Crippen MR) is 103 cm³/mol. The maximum absolute atomic E-state index is 12.7. The van der Waals surface area contributed by atoms with Gasteiger partial charge in [-0.3, -0.25) is 9.59 Å². The first-order valence-corrected chi connectivity index (χ1v) is 10.0. The molecule has 0 bridgehead atoms. The normalized spacial score (nSPS) is 12.7. The maximum Gasteiger partial charge on any atom is 0.304 e. The average Bonchev–Trinajstić information content (AvgIpc) is 2.87. The number of hydrogen-bond donors (Lipinski definition) is 1. The van der Waals surface area contributed by atoms with E-state index < -0.39 is 5.97 Å². The number of rotatable bonds is 8. The van der Waals surface area contributed by atoms with Gasteiger partial charge in [0.05, 0.1) is 16.6 Å². The van der Waals surface area contributed by atoms with Crippen LogP contribution in [0.25, 0.3) is 10.2 Å². The van der Waals surface area contributed by atoms with Crippen molar-refractivity contribution in [1.29, 1.82) is 0 Å². The molecule has 1 unspecified atom stereocenters. The quantitative estimate of drug-likeness (QED) is 0.693. The van der Waals surface area contributed by atoms with Crippen LogP contribution in [0.2, 0.25) is 0 Å². The van der Waals surface area contributed by atoms with Crippen molar-refractivity contribution in [1.82, 2.24) is 9.88 Å². The minimum Gasteiger partial charge on any atom is -0.481 e. The number of carbonyl (C=O) groups is 2. The van der Waals surface area contributed by atoms with Crippen LogP contribution < -0.4 is 0 Å². The van der Waals surface area contributed by atoms with Crippen LogP contribution in [0, 0.1) is 0 Å². The smallest absolute Gasteiger partial charge is 0.304 e. The molecule has 0 aliphatic heterocycles. The Morgan fingerprint density at radius 2 is 1.80 bits per heavy atom. The zero-order valence-electron chi connectivity index (χ0n) is 14.9. The molecule has 0 saturated heterocycles. The second kappa shape index (κ2) is 8.67. The molecular formula is C18H24N2O3S2. The second-order valence-electron chi connectivity index (χ2n) is 6.48. The first kappa shape index (κ1) is 19.7. The van der Waals surface area contributed by atoms with Crippen LogP contribution in [-0.4, -0.2) is 44.2 Å². The Morgan fingerprint density at radius 3 is 2.36 bits per heavy atom. The van der Waals surface area contributed by atoms with Crippen LogP contribution in [0.15, 0.2) is 28.6 Å². The number of aliphatic carboxylic acids is 1. The molecule has 0 saturated carbocycles. The number of thioether (sulfide) groups is 1. The van der Waals surface area contributed by atoms with E-state index in [9.17, 15) is 14.7 Å². The number of benzene rings is 1. The molecule has 1 aromatic heterocycles. The van der Waals surface area contributed by atoms with Gasteiger partial charge in [0.1, 0.15) is 0 Å². The predicted octanol–water partition coefficient (Wildman–Crippen LogP) is 4.27. The van der Waals surface area contributed by atoms with E-state index in [1.807, 2.05) is 56.9 Å². The van der Waals surface area contributed by atoms with E-state index in [4.69, 9.17) is 0 Å². The van der Waals surface area contributed by atoms with Crippen molar-refractivity contribution in [3.8, 4) is 0 Å². The summed E-state index contributed by atoms with van der Waals surface area (Å²) in [4.78, 5) is 30.3. The topological polar surface area (TPSA) is 70.5 Å². The molecule has 0 fully saturated rings. The van der Waals surface area contributed by atoms with Gasteiger partial charge in [0, 0.05) is 23.8 Å². The first-order chi connectivity index (χ1) is 11.8. The Labute approximate surface area is 156 Å². The lowest BCUT2D eigenvalue weighted by Gasteiger charge is -2.31. The minimum absolute atomic E-state index is 0.00939. The van der Waals surface area contributed by atoms with Gasteiger partial charge in [0.15, 0.2) is 4.34 Å². The van der Waals surface area contributed by atoms with Gasteiger partial charge in [-0.05, 0) is 39.8 Å². The summed E-state index contributed by atoms with van der Waals surface area (Å²) >= 11 is 2.93. The number of thiazole rings is 1. The van der Waals surface area contributed by atoms with E-state index in [1.54, 1.807) is 0 Å². The molecule has 1 amide bonds. The van der Waals surface area contributed by atoms with Crippen molar-refractivity contribution >= 4 is 45.2 Å². The van der Waals surface area contributed by atoms with Crippen LogP contribution in [-0.2, 0) is 9.59 Å². The third kappa shape index (κ3) is 5.44. The van der Waals surface area contributed by atoms with E-state index in [1.165, 1.54) is 23.1 Å². The first-order valence-electron chi connectivity index (χ1n) is 8.33. The van der Waals surface area contributed by atoms with Gasteiger partial charge in [0.2, 0.25) is 5.91 Å². The Bertz CT molecular complexity index is 702. The lowest BCUT2D eigenvalue weighted by atomic mass is 10.1. The largest absolute Gasteiger partial charge is 0.481 e. The third-order valence-electron chi connectivity index (χ3n) is 3.75. The summed E-state index contributed by atoms with van der Waals surface area (Å²) in [5.41, 5.74) is 0.904. The SMILES string of the molecule is CC(C)N(C(=O)CC(CC(=O)O)Sc1nc2ccccc2s1)C(C)C. The van der Waals surface area contributed by atoms with Gasteiger partial charge in [-0.2, -0.15) is 0 Å². The number of carboxylic acid groups (broad SMARTS) is 1. The van der Waals surface area contributed by atoms with E-state index in [-0.39, 0.29) is 36.1 Å². The number of para-hydroxylation sites is 1. The number of carboxylic acids is 1. The molecule has 0 radical (unpaired) electrons.